The first kappa shape index (κ1) is 17.7. The number of hydrogen-bond donors (Lipinski definition) is 2. The summed E-state index contributed by atoms with van der Waals surface area (Å²) in [4.78, 5) is 13.1. The molecule has 2 rings (SSSR count). The lowest BCUT2D eigenvalue weighted by Crippen LogP contribution is -2.39. The van der Waals surface area contributed by atoms with E-state index in [9.17, 15) is 9.18 Å². The van der Waals surface area contributed by atoms with Gasteiger partial charge in [-0.3, -0.25) is 0 Å². The standard InChI is InChI=1S/C18H21FN2O3/c1-21(12-13-22)18(23)20-11-10-14-2-6-16(7-3-14)24-17-8-4-15(19)5-9-17/h2-9,22H,10-13H2,1H3,(H,20,23). The Balaban J connectivity index is 1.79. The summed E-state index contributed by atoms with van der Waals surface area (Å²) in [5.74, 6) is 0.935. The van der Waals surface area contributed by atoms with Crippen LogP contribution in [0.25, 0.3) is 0 Å². The summed E-state index contributed by atoms with van der Waals surface area (Å²) in [6.07, 6.45) is 0.690. The molecule has 2 aromatic rings. The molecule has 0 unspecified atom stereocenters. The average molecular weight is 332 g/mol. The van der Waals surface area contributed by atoms with Crippen LogP contribution in [0.5, 0.6) is 11.5 Å². The third-order valence-electron chi connectivity index (χ3n) is 3.44. The van der Waals surface area contributed by atoms with Crippen molar-refractivity contribution in [2.45, 2.75) is 6.42 Å². The molecule has 0 bridgehead atoms. The lowest BCUT2D eigenvalue weighted by Gasteiger charge is -2.16. The molecule has 2 aromatic carbocycles. The molecule has 24 heavy (non-hydrogen) atoms. The summed E-state index contributed by atoms with van der Waals surface area (Å²) in [6, 6.07) is 13.1. The van der Waals surface area contributed by atoms with E-state index in [1.165, 1.54) is 17.0 Å². The van der Waals surface area contributed by atoms with Crippen molar-refractivity contribution in [3.63, 3.8) is 0 Å². The highest BCUT2D eigenvalue weighted by Crippen LogP contribution is 2.21. The van der Waals surface area contributed by atoms with E-state index >= 15 is 0 Å². The number of ether oxygens (including phenoxy) is 1. The summed E-state index contributed by atoms with van der Waals surface area (Å²) in [5, 5.41) is 11.6. The third-order valence-corrected chi connectivity index (χ3v) is 3.44. The highest BCUT2D eigenvalue weighted by atomic mass is 19.1. The van der Waals surface area contributed by atoms with Gasteiger partial charge in [-0.15, -0.1) is 0 Å². The van der Waals surface area contributed by atoms with Gasteiger partial charge in [-0.2, -0.15) is 0 Å². The fourth-order valence-corrected chi connectivity index (χ4v) is 2.06. The quantitative estimate of drug-likeness (QED) is 0.819. The first-order chi connectivity index (χ1) is 11.6. The average Bonchev–Trinajstić information content (AvgIpc) is 2.58. The number of nitrogens with one attached hydrogen (secondary N) is 1. The molecular formula is C18H21FN2O3. The summed E-state index contributed by atoms with van der Waals surface area (Å²) in [5.41, 5.74) is 1.06. The summed E-state index contributed by atoms with van der Waals surface area (Å²) in [6.45, 7) is 0.757. The summed E-state index contributed by atoms with van der Waals surface area (Å²) >= 11 is 0. The van der Waals surface area contributed by atoms with Crippen molar-refractivity contribution in [1.82, 2.24) is 10.2 Å². The van der Waals surface area contributed by atoms with Crippen LogP contribution in [0.15, 0.2) is 48.5 Å². The van der Waals surface area contributed by atoms with Gasteiger partial charge in [0.1, 0.15) is 17.3 Å². The zero-order valence-corrected chi connectivity index (χ0v) is 13.5. The maximum Gasteiger partial charge on any atom is 0.317 e. The van der Waals surface area contributed by atoms with Crippen LogP contribution in [0.1, 0.15) is 5.56 Å². The predicted octanol–water partition coefficient (Wildman–Crippen LogP) is 2.79. The van der Waals surface area contributed by atoms with Crippen LogP contribution in [0, 0.1) is 5.82 Å². The maximum absolute atomic E-state index is 12.8. The SMILES string of the molecule is CN(CCO)C(=O)NCCc1ccc(Oc2ccc(F)cc2)cc1. The van der Waals surface area contributed by atoms with Gasteiger partial charge in [0.15, 0.2) is 0 Å². The maximum atomic E-state index is 12.8. The lowest BCUT2D eigenvalue weighted by atomic mass is 10.1. The predicted molar refractivity (Wildman–Crippen MR) is 89.7 cm³/mol. The lowest BCUT2D eigenvalue weighted by molar-refractivity contribution is 0.190. The van der Waals surface area contributed by atoms with Crippen molar-refractivity contribution in [3.8, 4) is 11.5 Å². The monoisotopic (exact) mass is 332 g/mol. The highest BCUT2D eigenvalue weighted by Gasteiger charge is 2.06. The number of hydrogen-bond acceptors (Lipinski definition) is 3. The van der Waals surface area contributed by atoms with Crippen molar-refractivity contribution in [2.24, 2.45) is 0 Å². The largest absolute Gasteiger partial charge is 0.457 e. The Labute approximate surface area is 140 Å². The van der Waals surface area contributed by atoms with E-state index in [1.807, 2.05) is 24.3 Å². The van der Waals surface area contributed by atoms with E-state index in [4.69, 9.17) is 9.84 Å². The Hall–Kier alpha value is -2.60. The second-order valence-electron chi connectivity index (χ2n) is 5.33. The molecule has 0 spiro atoms. The van der Waals surface area contributed by atoms with Crippen molar-refractivity contribution < 1.29 is 19.0 Å². The minimum absolute atomic E-state index is 0.0561. The molecule has 0 fully saturated rings. The van der Waals surface area contributed by atoms with E-state index in [0.29, 0.717) is 31.0 Å². The molecule has 0 heterocycles. The number of aliphatic hydroxyl groups excluding tert-OH is 1. The van der Waals surface area contributed by atoms with Crippen LogP contribution in [0.3, 0.4) is 0 Å². The molecule has 0 aliphatic rings. The van der Waals surface area contributed by atoms with Crippen LogP contribution in [0.2, 0.25) is 0 Å². The molecule has 6 heteroatoms. The molecule has 0 atom stereocenters. The minimum atomic E-state index is -0.302. The van der Waals surface area contributed by atoms with Gasteiger partial charge in [0.05, 0.1) is 6.61 Å². The zero-order valence-electron chi connectivity index (χ0n) is 13.5. The van der Waals surface area contributed by atoms with Crippen LogP contribution >= 0.6 is 0 Å². The van der Waals surface area contributed by atoms with Gasteiger partial charge in [-0.25, -0.2) is 9.18 Å². The minimum Gasteiger partial charge on any atom is -0.457 e. The fourth-order valence-electron chi connectivity index (χ4n) is 2.06. The van der Waals surface area contributed by atoms with Gasteiger partial charge in [-0.05, 0) is 48.4 Å². The molecular weight excluding hydrogens is 311 g/mol. The molecule has 0 aromatic heterocycles. The summed E-state index contributed by atoms with van der Waals surface area (Å²) < 4.78 is 18.5. The van der Waals surface area contributed by atoms with Gasteiger partial charge in [0.2, 0.25) is 0 Å². The number of benzene rings is 2. The smallest absolute Gasteiger partial charge is 0.317 e. The highest BCUT2D eigenvalue weighted by molar-refractivity contribution is 5.73. The van der Waals surface area contributed by atoms with Crippen LogP contribution in [-0.2, 0) is 6.42 Å². The van der Waals surface area contributed by atoms with Gasteiger partial charge < -0.3 is 20.1 Å². The molecule has 0 saturated carbocycles. The molecule has 0 saturated heterocycles. The number of urea groups is 1. The molecule has 128 valence electrons. The first-order valence-corrected chi connectivity index (χ1v) is 7.70. The second-order valence-corrected chi connectivity index (χ2v) is 5.33. The van der Waals surface area contributed by atoms with E-state index in [2.05, 4.69) is 5.32 Å². The molecule has 5 nitrogen and oxygen atoms in total. The number of likely N-dealkylation sites (N-methyl/N-ethyl adjacent to an activating group) is 1. The summed E-state index contributed by atoms with van der Waals surface area (Å²) in [7, 11) is 1.63. The number of halogens is 1. The zero-order chi connectivity index (χ0) is 17.4. The van der Waals surface area contributed by atoms with E-state index in [0.717, 1.165) is 5.56 Å². The van der Waals surface area contributed by atoms with E-state index in [1.54, 1.807) is 19.2 Å². The van der Waals surface area contributed by atoms with Crippen molar-refractivity contribution in [3.05, 3.63) is 59.9 Å². The normalized spacial score (nSPS) is 10.3. The number of carbonyl (C=O) groups excluding carboxylic acids is 1. The first-order valence-electron chi connectivity index (χ1n) is 7.70. The second kappa shape index (κ2) is 8.88. The van der Waals surface area contributed by atoms with Gasteiger partial charge in [0.25, 0.3) is 0 Å². The van der Waals surface area contributed by atoms with Gasteiger partial charge in [0, 0.05) is 20.1 Å². The molecule has 0 aliphatic heterocycles. The Kier molecular flexibility index (Phi) is 6.57. The van der Waals surface area contributed by atoms with Crippen molar-refractivity contribution in [2.75, 3.05) is 26.7 Å². The Morgan fingerprint density at radius 3 is 2.29 bits per heavy atom. The fraction of sp³-hybridized carbons (Fsp3) is 0.278. The third kappa shape index (κ3) is 5.55. The topological polar surface area (TPSA) is 61.8 Å². The molecule has 2 amide bonds. The van der Waals surface area contributed by atoms with Crippen molar-refractivity contribution >= 4 is 6.03 Å². The Morgan fingerprint density at radius 2 is 1.71 bits per heavy atom. The van der Waals surface area contributed by atoms with Gasteiger partial charge in [-0.1, -0.05) is 12.1 Å². The number of rotatable bonds is 7. The Bertz CT molecular complexity index is 644. The van der Waals surface area contributed by atoms with E-state index < -0.39 is 0 Å². The van der Waals surface area contributed by atoms with Crippen LogP contribution in [-0.4, -0.2) is 42.8 Å². The molecule has 0 aliphatic carbocycles. The number of aliphatic hydroxyl groups is 1. The van der Waals surface area contributed by atoms with E-state index in [-0.39, 0.29) is 18.5 Å². The van der Waals surface area contributed by atoms with Crippen molar-refractivity contribution in [1.29, 1.82) is 0 Å². The van der Waals surface area contributed by atoms with Crippen LogP contribution in [0.4, 0.5) is 9.18 Å². The number of nitrogens with zero attached hydrogens (tertiary/aromatic N) is 1. The van der Waals surface area contributed by atoms with Crippen LogP contribution < -0.4 is 10.1 Å². The molecule has 2 N–H and O–H groups in total. The number of carbonyl (C=O) groups is 1. The molecule has 0 radical (unpaired) electrons. The van der Waals surface area contributed by atoms with Gasteiger partial charge >= 0.3 is 6.03 Å². The number of amides is 2. The Morgan fingerprint density at radius 1 is 1.12 bits per heavy atom.